The molecule has 110 valence electrons. The van der Waals surface area contributed by atoms with E-state index in [1.54, 1.807) is 6.20 Å². The molecule has 2 aliphatic rings. The third-order valence-electron chi connectivity index (χ3n) is 4.64. The molecule has 0 unspecified atom stereocenters. The molecule has 0 aromatic carbocycles. The molecule has 4 rings (SSSR count). The maximum absolute atomic E-state index is 12.4. The number of carbonyl (C=O) groups excluding carboxylic acids is 1. The molecule has 21 heavy (non-hydrogen) atoms. The standard InChI is InChI=1S/C16H19N3OS/c17-13-14-12(2-1-7-18-14)21-15(13)16(20)19-8-11(9-3-4-9)10-5-6-10/h1-2,7,9-11H,3-6,8,17H2,(H,19,20). The van der Waals surface area contributed by atoms with E-state index < -0.39 is 0 Å². The Morgan fingerprint density at radius 3 is 2.71 bits per heavy atom. The van der Waals surface area contributed by atoms with Crippen molar-refractivity contribution in [1.29, 1.82) is 0 Å². The van der Waals surface area contributed by atoms with Gasteiger partial charge in [-0.25, -0.2) is 0 Å². The summed E-state index contributed by atoms with van der Waals surface area (Å²) in [6, 6.07) is 3.83. The lowest BCUT2D eigenvalue weighted by atomic mass is 9.98. The van der Waals surface area contributed by atoms with Crippen molar-refractivity contribution < 1.29 is 4.79 Å². The first-order valence-electron chi connectivity index (χ1n) is 7.65. The Hall–Kier alpha value is -1.62. The van der Waals surface area contributed by atoms with Gasteiger partial charge in [0.2, 0.25) is 0 Å². The number of amides is 1. The minimum absolute atomic E-state index is 0.0400. The smallest absolute Gasteiger partial charge is 0.263 e. The van der Waals surface area contributed by atoms with E-state index in [9.17, 15) is 4.79 Å². The Morgan fingerprint density at radius 2 is 2.10 bits per heavy atom. The number of nitrogens with zero attached hydrogens (tertiary/aromatic N) is 1. The zero-order chi connectivity index (χ0) is 14.4. The lowest BCUT2D eigenvalue weighted by molar-refractivity contribution is 0.0948. The Bertz CT molecular complexity index is 676. The summed E-state index contributed by atoms with van der Waals surface area (Å²) in [5.74, 6) is 2.34. The molecule has 0 bridgehead atoms. The second-order valence-electron chi connectivity index (χ2n) is 6.24. The fourth-order valence-corrected chi connectivity index (χ4v) is 4.17. The van der Waals surface area contributed by atoms with Crippen LogP contribution in [0, 0.1) is 17.8 Å². The van der Waals surface area contributed by atoms with Crippen LogP contribution in [0.2, 0.25) is 0 Å². The van der Waals surface area contributed by atoms with Crippen LogP contribution in [0.15, 0.2) is 18.3 Å². The van der Waals surface area contributed by atoms with Gasteiger partial charge in [-0.3, -0.25) is 9.78 Å². The van der Waals surface area contributed by atoms with Crippen molar-refractivity contribution in [1.82, 2.24) is 10.3 Å². The van der Waals surface area contributed by atoms with Crippen LogP contribution in [0.3, 0.4) is 0 Å². The van der Waals surface area contributed by atoms with Crippen LogP contribution in [-0.2, 0) is 0 Å². The number of anilines is 1. The van der Waals surface area contributed by atoms with Gasteiger partial charge in [0.1, 0.15) is 10.4 Å². The Morgan fingerprint density at radius 1 is 1.38 bits per heavy atom. The van der Waals surface area contributed by atoms with Crippen LogP contribution in [0.4, 0.5) is 5.69 Å². The quantitative estimate of drug-likeness (QED) is 0.892. The molecular formula is C16H19N3OS. The maximum atomic E-state index is 12.4. The fraction of sp³-hybridized carbons (Fsp3) is 0.500. The maximum Gasteiger partial charge on any atom is 0.263 e. The topological polar surface area (TPSA) is 68.0 Å². The van der Waals surface area contributed by atoms with E-state index in [2.05, 4.69) is 10.3 Å². The largest absolute Gasteiger partial charge is 0.396 e. The number of hydrogen-bond acceptors (Lipinski definition) is 4. The molecule has 2 heterocycles. The summed E-state index contributed by atoms with van der Waals surface area (Å²) in [5.41, 5.74) is 7.34. The predicted molar refractivity (Wildman–Crippen MR) is 85.3 cm³/mol. The number of thiophene rings is 1. The number of aromatic nitrogens is 1. The van der Waals surface area contributed by atoms with Crippen LogP contribution in [0.25, 0.3) is 10.2 Å². The van der Waals surface area contributed by atoms with Crippen molar-refractivity contribution in [3.8, 4) is 0 Å². The molecule has 4 nitrogen and oxygen atoms in total. The van der Waals surface area contributed by atoms with Gasteiger partial charge in [0.05, 0.1) is 10.4 Å². The van der Waals surface area contributed by atoms with Crippen LogP contribution < -0.4 is 11.1 Å². The number of fused-ring (bicyclic) bond motifs is 1. The molecule has 0 spiro atoms. The highest BCUT2D eigenvalue weighted by Crippen LogP contribution is 2.48. The van der Waals surface area contributed by atoms with Gasteiger partial charge in [-0.2, -0.15) is 0 Å². The molecule has 2 saturated carbocycles. The number of pyridine rings is 1. The lowest BCUT2D eigenvalue weighted by Gasteiger charge is -2.15. The molecule has 1 amide bonds. The van der Waals surface area contributed by atoms with E-state index in [-0.39, 0.29) is 5.91 Å². The van der Waals surface area contributed by atoms with Crippen LogP contribution >= 0.6 is 11.3 Å². The van der Waals surface area contributed by atoms with Gasteiger partial charge in [0.25, 0.3) is 5.91 Å². The van der Waals surface area contributed by atoms with Gasteiger partial charge in [0.15, 0.2) is 0 Å². The Balaban J connectivity index is 1.49. The Labute approximate surface area is 127 Å². The van der Waals surface area contributed by atoms with E-state index >= 15 is 0 Å². The number of nitrogens with one attached hydrogen (secondary N) is 1. The van der Waals surface area contributed by atoms with E-state index in [1.165, 1.54) is 37.0 Å². The molecule has 0 atom stereocenters. The van der Waals surface area contributed by atoms with Crippen molar-refractivity contribution in [2.45, 2.75) is 25.7 Å². The average molecular weight is 301 g/mol. The molecule has 0 radical (unpaired) electrons. The highest BCUT2D eigenvalue weighted by Gasteiger charge is 2.41. The summed E-state index contributed by atoms with van der Waals surface area (Å²) in [7, 11) is 0. The summed E-state index contributed by atoms with van der Waals surface area (Å²) >= 11 is 1.43. The van der Waals surface area contributed by atoms with Crippen LogP contribution in [0.1, 0.15) is 35.4 Å². The van der Waals surface area contributed by atoms with Gasteiger partial charge in [-0.05, 0) is 55.6 Å². The molecular weight excluding hydrogens is 282 g/mol. The predicted octanol–water partition coefficient (Wildman–Crippen LogP) is 3.04. The Kier molecular flexibility index (Phi) is 3.10. The zero-order valence-electron chi connectivity index (χ0n) is 11.8. The minimum Gasteiger partial charge on any atom is -0.396 e. The normalized spacial score (nSPS) is 18.3. The lowest BCUT2D eigenvalue weighted by Crippen LogP contribution is -2.31. The zero-order valence-corrected chi connectivity index (χ0v) is 12.7. The number of hydrogen-bond donors (Lipinski definition) is 2. The minimum atomic E-state index is -0.0400. The van der Waals surface area contributed by atoms with Gasteiger partial charge in [0, 0.05) is 12.7 Å². The van der Waals surface area contributed by atoms with Gasteiger partial charge < -0.3 is 11.1 Å². The third kappa shape index (κ3) is 2.50. The van der Waals surface area contributed by atoms with E-state index in [0.717, 1.165) is 28.6 Å². The summed E-state index contributed by atoms with van der Waals surface area (Å²) in [6.45, 7) is 0.801. The summed E-state index contributed by atoms with van der Waals surface area (Å²) < 4.78 is 0.973. The summed E-state index contributed by atoms with van der Waals surface area (Å²) in [5, 5.41) is 3.11. The number of rotatable bonds is 5. The van der Waals surface area contributed by atoms with E-state index in [0.29, 0.717) is 16.5 Å². The van der Waals surface area contributed by atoms with Crippen molar-refractivity contribution in [3.63, 3.8) is 0 Å². The molecule has 3 N–H and O–H groups in total. The number of nitrogen functional groups attached to an aromatic ring is 1. The average Bonchev–Trinajstić information content (AvgIpc) is 3.39. The van der Waals surface area contributed by atoms with Gasteiger partial charge in [-0.15, -0.1) is 11.3 Å². The molecule has 2 fully saturated rings. The van der Waals surface area contributed by atoms with Crippen molar-refractivity contribution in [2.24, 2.45) is 17.8 Å². The van der Waals surface area contributed by atoms with Gasteiger partial charge >= 0.3 is 0 Å². The van der Waals surface area contributed by atoms with E-state index in [4.69, 9.17) is 5.73 Å². The van der Waals surface area contributed by atoms with Crippen LogP contribution in [0.5, 0.6) is 0 Å². The SMILES string of the molecule is Nc1c(C(=O)NCC(C2CC2)C2CC2)sc2cccnc12. The van der Waals surface area contributed by atoms with Crippen molar-refractivity contribution in [2.75, 3.05) is 12.3 Å². The summed E-state index contributed by atoms with van der Waals surface area (Å²) in [4.78, 5) is 17.3. The molecule has 2 aromatic rings. The molecule has 5 heteroatoms. The fourth-order valence-electron chi connectivity index (χ4n) is 3.17. The van der Waals surface area contributed by atoms with Crippen molar-refractivity contribution in [3.05, 3.63) is 23.2 Å². The van der Waals surface area contributed by atoms with E-state index in [1.807, 2.05) is 12.1 Å². The first kappa shape index (κ1) is 13.1. The number of nitrogens with two attached hydrogens (primary N) is 1. The highest BCUT2D eigenvalue weighted by molar-refractivity contribution is 7.21. The molecule has 2 aromatic heterocycles. The monoisotopic (exact) mass is 301 g/mol. The van der Waals surface area contributed by atoms with Crippen LogP contribution in [-0.4, -0.2) is 17.4 Å². The first-order chi connectivity index (χ1) is 10.2. The molecule has 0 saturated heterocycles. The summed E-state index contributed by atoms with van der Waals surface area (Å²) in [6.07, 6.45) is 7.07. The molecule has 0 aliphatic heterocycles. The third-order valence-corrected chi connectivity index (χ3v) is 5.80. The second kappa shape index (κ2) is 4.98. The number of carbonyl (C=O) groups is 1. The second-order valence-corrected chi connectivity index (χ2v) is 7.30. The van der Waals surface area contributed by atoms with Gasteiger partial charge in [-0.1, -0.05) is 0 Å². The molecule has 2 aliphatic carbocycles. The first-order valence-corrected chi connectivity index (χ1v) is 8.47. The van der Waals surface area contributed by atoms with Crippen molar-refractivity contribution >= 4 is 33.1 Å². The highest BCUT2D eigenvalue weighted by atomic mass is 32.1.